The van der Waals surface area contributed by atoms with Crippen LogP contribution in [0.3, 0.4) is 0 Å². The predicted octanol–water partition coefficient (Wildman–Crippen LogP) is 2.40. The lowest BCUT2D eigenvalue weighted by Crippen LogP contribution is -2.38. The highest BCUT2D eigenvalue weighted by atomic mass is 16.6. The SMILES string of the molecule is CCOC(=O)C(C(=O)OCC)[C@@H]([CH]N1CCC[C@@H]1C)CC. The van der Waals surface area contributed by atoms with Crippen LogP contribution in [0.1, 0.15) is 47.0 Å². The van der Waals surface area contributed by atoms with E-state index in [2.05, 4.69) is 11.8 Å². The number of likely N-dealkylation sites (tertiary alicyclic amines) is 1. The zero-order chi connectivity index (χ0) is 15.8. The van der Waals surface area contributed by atoms with E-state index in [1.54, 1.807) is 13.8 Å². The molecule has 121 valence electrons. The number of nitrogens with zero attached hydrogens (tertiary/aromatic N) is 1. The van der Waals surface area contributed by atoms with Crippen molar-refractivity contribution in [2.75, 3.05) is 19.8 Å². The van der Waals surface area contributed by atoms with E-state index < -0.39 is 17.9 Å². The second kappa shape index (κ2) is 9.03. The van der Waals surface area contributed by atoms with Crippen LogP contribution in [0, 0.1) is 18.4 Å². The number of esters is 2. The van der Waals surface area contributed by atoms with Gasteiger partial charge in [-0.1, -0.05) is 13.3 Å². The molecule has 1 heterocycles. The van der Waals surface area contributed by atoms with Crippen LogP contribution in [-0.4, -0.2) is 42.6 Å². The molecular formula is C16H28NO4. The molecule has 2 atom stereocenters. The summed E-state index contributed by atoms with van der Waals surface area (Å²) in [5.41, 5.74) is 0. The maximum atomic E-state index is 12.2. The topological polar surface area (TPSA) is 55.8 Å². The molecule has 5 nitrogen and oxygen atoms in total. The minimum atomic E-state index is -0.859. The van der Waals surface area contributed by atoms with Gasteiger partial charge in [-0.05, 0) is 46.1 Å². The molecule has 5 heteroatoms. The summed E-state index contributed by atoms with van der Waals surface area (Å²) in [6.07, 6.45) is 3.00. The Morgan fingerprint density at radius 1 is 1.19 bits per heavy atom. The Morgan fingerprint density at radius 2 is 1.76 bits per heavy atom. The van der Waals surface area contributed by atoms with Crippen LogP contribution in [0.2, 0.25) is 0 Å². The van der Waals surface area contributed by atoms with Crippen molar-refractivity contribution in [3.05, 3.63) is 6.54 Å². The minimum Gasteiger partial charge on any atom is -0.465 e. The normalized spacial score (nSPS) is 20.5. The predicted molar refractivity (Wildman–Crippen MR) is 80.2 cm³/mol. The van der Waals surface area contributed by atoms with Crippen LogP contribution in [-0.2, 0) is 19.1 Å². The molecule has 0 aromatic heterocycles. The first-order chi connectivity index (χ1) is 10.0. The smallest absolute Gasteiger partial charge is 0.320 e. The van der Waals surface area contributed by atoms with Gasteiger partial charge >= 0.3 is 11.9 Å². The number of carbonyl (C=O) groups is 2. The van der Waals surface area contributed by atoms with Crippen molar-refractivity contribution in [3.63, 3.8) is 0 Å². The molecule has 1 fully saturated rings. The van der Waals surface area contributed by atoms with Crippen LogP contribution >= 0.6 is 0 Å². The largest absolute Gasteiger partial charge is 0.465 e. The molecule has 1 aliphatic heterocycles. The standard InChI is InChI=1S/C16H28NO4/c1-5-13(11-17-10-8-9-12(17)4)14(15(18)20-6-2)16(19)21-7-3/h11-14H,5-10H2,1-4H3/t12-,13+/m0/s1. The molecule has 0 saturated carbocycles. The summed E-state index contributed by atoms with van der Waals surface area (Å²) in [5.74, 6) is -2.00. The zero-order valence-corrected chi connectivity index (χ0v) is 13.6. The van der Waals surface area contributed by atoms with Gasteiger partial charge in [-0.2, -0.15) is 0 Å². The second-order valence-corrected chi connectivity index (χ2v) is 5.43. The molecule has 0 spiro atoms. The lowest BCUT2D eigenvalue weighted by Gasteiger charge is -2.29. The van der Waals surface area contributed by atoms with Crippen LogP contribution in [0.25, 0.3) is 0 Å². The molecule has 0 bridgehead atoms. The first-order valence-electron chi connectivity index (χ1n) is 7.99. The van der Waals surface area contributed by atoms with Gasteiger partial charge in [0.1, 0.15) is 0 Å². The minimum absolute atomic E-state index is 0.177. The van der Waals surface area contributed by atoms with Gasteiger partial charge in [-0.25, -0.2) is 0 Å². The molecule has 0 amide bonds. The summed E-state index contributed by atoms with van der Waals surface area (Å²) in [6.45, 7) is 11.2. The van der Waals surface area contributed by atoms with Crippen molar-refractivity contribution in [1.82, 2.24) is 4.90 Å². The van der Waals surface area contributed by atoms with Crippen molar-refractivity contribution < 1.29 is 19.1 Å². The Bertz CT molecular complexity index is 327. The quantitative estimate of drug-likeness (QED) is 0.509. The Hall–Kier alpha value is -1.10. The first-order valence-corrected chi connectivity index (χ1v) is 7.99. The van der Waals surface area contributed by atoms with E-state index >= 15 is 0 Å². The Balaban J connectivity index is 2.80. The highest BCUT2D eigenvalue weighted by molar-refractivity contribution is 5.95. The van der Waals surface area contributed by atoms with E-state index in [0.717, 1.165) is 19.4 Å². The molecule has 0 N–H and O–H groups in total. The molecule has 0 unspecified atom stereocenters. The van der Waals surface area contributed by atoms with Gasteiger partial charge in [-0.3, -0.25) is 14.5 Å². The molecule has 1 radical (unpaired) electrons. The van der Waals surface area contributed by atoms with Crippen molar-refractivity contribution in [3.8, 4) is 0 Å². The molecule has 0 aromatic carbocycles. The summed E-state index contributed by atoms with van der Waals surface area (Å²) in [7, 11) is 0. The van der Waals surface area contributed by atoms with Gasteiger partial charge < -0.3 is 9.47 Å². The third kappa shape index (κ3) is 4.99. The van der Waals surface area contributed by atoms with E-state index in [4.69, 9.17) is 9.47 Å². The average molecular weight is 298 g/mol. The summed E-state index contributed by atoms with van der Waals surface area (Å²) >= 11 is 0. The number of rotatable bonds is 8. The molecule has 0 aliphatic carbocycles. The van der Waals surface area contributed by atoms with Crippen molar-refractivity contribution in [2.45, 2.75) is 53.0 Å². The van der Waals surface area contributed by atoms with Gasteiger partial charge in [-0.15, -0.1) is 0 Å². The highest BCUT2D eigenvalue weighted by Gasteiger charge is 2.38. The lowest BCUT2D eigenvalue weighted by molar-refractivity contribution is -0.164. The lowest BCUT2D eigenvalue weighted by atomic mass is 9.89. The van der Waals surface area contributed by atoms with Crippen LogP contribution in [0.5, 0.6) is 0 Å². The summed E-state index contributed by atoms with van der Waals surface area (Å²) in [5, 5.41) is 0. The fourth-order valence-corrected chi connectivity index (χ4v) is 2.76. The van der Waals surface area contributed by atoms with Gasteiger partial charge in [0.2, 0.25) is 0 Å². The maximum absolute atomic E-state index is 12.2. The molecule has 1 aliphatic rings. The van der Waals surface area contributed by atoms with E-state index in [1.807, 2.05) is 13.5 Å². The molecule has 1 rings (SSSR count). The summed E-state index contributed by atoms with van der Waals surface area (Å²) in [6, 6.07) is 0.462. The fraction of sp³-hybridized carbons (Fsp3) is 0.812. The molecule has 0 aromatic rings. The van der Waals surface area contributed by atoms with Gasteiger partial charge in [0.05, 0.1) is 13.2 Å². The average Bonchev–Trinajstić information content (AvgIpc) is 2.84. The maximum Gasteiger partial charge on any atom is 0.320 e. The van der Waals surface area contributed by atoms with Crippen molar-refractivity contribution in [2.24, 2.45) is 11.8 Å². The number of hydrogen-bond donors (Lipinski definition) is 0. The fourth-order valence-electron chi connectivity index (χ4n) is 2.76. The molecule has 1 saturated heterocycles. The number of ether oxygens (including phenoxy) is 2. The van der Waals surface area contributed by atoms with Crippen molar-refractivity contribution in [1.29, 1.82) is 0 Å². The van der Waals surface area contributed by atoms with Crippen LogP contribution in [0.4, 0.5) is 0 Å². The monoisotopic (exact) mass is 298 g/mol. The van der Waals surface area contributed by atoms with Crippen LogP contribution in [0.15, 0.2) is 0 Å². The third-order valence-corrected chi connectivity index (χ3v) is 3.97. The van der Waals surface area contributed by atoms with Gasteiger partial charge in [0.25, 0.3) is 0 Å². The zero-order valence-electron chi connectivity index (χ0n) is 13.6. The van der Waals surface area contributed by atoms with Crippen molar-refractivity contribution >= 4 is 11.9 Å². The Kier molecular flexibility index (Phi) is 7.72. The first kappa shape index (κ1) is 18.0. The summed E-state index contributed by atoms with van der Waals surface area (Å²) < 4.78 is 10.1. The van der Waals surface area contributed by atoms with E-state index in [1.165, 1.54) is 0 Å². The van der Waals surface area contributed by atoms with E-state index in [-0.39, 0.29) is 19.1 Å². The number of carbonyl (C=O) groups excluding carboxylic acids is 2. The third-order valence-electron chi connectivity index (χ3n) is 3.97. The van der Waals surface area contributed by atoms with E-state index in [9.17, 15) is 9.59 Å². The Morgan fingerprint density at radius 3 is 2.14 bits per heavy atom. The van der Waals surface area contributed by atoms with E-state index in [0.29, 0.717) is 12.5 Å². The summed E-state index contributed by atoms with van der Waals surface area (Å²) in [4.78, 5) is 26.5. The highest BCUT2D eigenvalue weighted by Crippen LogP contribution is 2.28. The Labute approximate surface area is 128 Å². The second-order valence-electron chi connectivity index (χ2n) is 5.43. The van der Waals surface area contributed by atoms with Crippen LogP contribution < -0.4 is 0 Å². The van der Waals surface area contributed by atoms with Gasteiger partial charge in [0.15, 0.2) is 5.92 Å². The molecular weight excluding hydrogens is 270 g/mol. The number of hydrogen-bond acceptors (Lipinski definition) is 5. The molecule has 21 heavy (non-hydrogen) atoms. The van der Waals surface area contributed by atoms with Gasteiger partial charge in [0, 0.05) is 12.6 Å².